The molecule has 1 radical (unpaired) electrons. The Morgan fingerprint density at radius 1 is 0.895 bits per heavy atom. The number of hydroxylamine groups is 2. The maximum absolute atomic E-state index is 6.13. The molecule has 1 heterocycles. The van der Waals surface area contributed by atoms with E-state index in [1.807, 2.05) is 0 Å². The van der Waals surface area contributed by atoms with Crippen LogP contribution in [-0.4, -0.2) is 22.7 Å². The van der Waals surface area contributed by atoms with E-state index in [0.717, 1.165) is 19.4 Å². The van der Waals surface area contributed by atoms with E-state index in [1.54, 1.807) is 0 Å². The quantitative estimate of drug-likeness (QED) is 0.565. The van der Waals surface area contributed by atoms with Crippen LogP contribution in [0.25, 0.3) is 0 Å². The molecule has 1 aliphatic rings. The van der Waals surface area contributed by atoms with Crippen LogP contribution in [0.1, 0.15) is 86.0 Å². The molecule has 0 saturated carbocycles. The van der Waals surface area contributed by atoms with Gasteiger partial charge in [-0.3, -0.25) is 4.84 Å². The molecule has 0 amide bonds. The van der Waals surface area contributed by atoms with E-state index in [-0.39, 0.29) is 11.1 Å². The summed E-state index contributed by atoms with van der Waals surface area (Å²) in [6.45, 7) is 12.3. The van der Waals surface area contributed by atoms with Crippen LogP contribution >= 0.6 is 0 Å². The Balaban J connectivity index is 2.25. The second-order valence-corrected chi connectivity index (χ2v) is 7.22. The fourth-order valence-electron chi connectivity index (χ4n) is 3.15. The average Bonchev–Trinajstić information content (AvgIpc) is 2.30. The Labute approximate surface area is 120 Å². The van der Waals surface area contributed by atoms with Crippen molar-refractivity contribution in [3.8, 4) is 0 Å². The molecule has 2 nitrogen and oxygen atoms in total. The predicted octanol–water partition coefficient (Wildman–Crippen LogP) is 5.14. The monoisotopic (exact) mass is 268 g/mol. The lowest BCUT2D eigenvalue weighted by Gasteiger charge is -2.51. The van der Waals surface area contributed by atoms with Crippen molar-refractivity contribution >= 4 is 0 Å². The van der Waals surface area contributed by atoms with Crippen LogP contribution in [0.15, 0.2) is 0 Å². The van der Waals surface area contributed by atoms with Gasteiger partial charge in [0, 0.05) is 11.1 Å². The Kier molecular flexibility index (Phi) is 6.82. The maximum atomic E-state index is 6.13. The van der Waals surface area contributed by atoms with Crippen LogP contribution in [0.3, 0.4) is 0 Å². The molecule has 0 aromatic rings. The van der Waals surface area contributed by atoms with Gasteiger partial charge in [0.2, 0.25) is 0 Å². The van der Waals surface area contributed by atoms with E-state index >= 15 is 0 Å². The summed E-state index contributed by atoms with van der Waals surface area (Å²) in [5.41, 5.74) is 0.258. The third-order valence-electron chi connectivity index (χ3n) is 4.11. The zero-order chi connectivity index (χ0) is 14.4. The minimum atomic E-state index is 0.129. The van der Waals surface area contributed by atoms with Crippen molar-refractivity contribution in [3.63, 3.8) is 0 Å². The van der Waals surface area contributed by atoms with E-state index in [2.05, 4.69) is 46.1 Å². The highest BCUT2D eigenvalue weighted by Crippen LogP contribution is 2.37. The van der Waals surface area contributed by atoms with Crippen LogP contribution in [0.4, 0.5) is 0 Å². The second-order valence-electron chi connectivity index (χ2n) is 7.22. The molecule has 1 fully saturated rings. The van der Waals surface area contributed by atoms with Gasteiger partial charge in [0.15, 0.2) is 0 Å². The summed E-state index contributed by atoms with van der Waals surface area (Å²) >= 11 is 0. The molecule has 0 atom stereocenters. The van der Waals surface area contributed by atoms with Gasteiger partial charge in [0.25, 0.3) is 0 Å². The lowest BCUT2D eigenvalue weighted by molar-refractivity contribution is -0.274. The first kappa shape index (κ1) is 17.0. The van der Waals surface area contributed by atoms with Crippen molar-refractivity contribution < 1.29 is 4.84 Å². The molecule has 0 aromatic carbocycles. The van der Waals surface area contributed by atoms with Crippen molar-refractivity contribution in [1.82, 2.24) is 5.06 Å². The number of hydrogen-bond acceptors (Lipinski definition) is 2. The van der Waals surface area contributed by atoms with Gasteiger partial charge >= 0.3 is 0 Å². The Bertz CT molecular complexity index is 232. The van der Waals surface area contributed by atoms with E-state index in [9.17, 15) is 0 Å². The van der Waals surface area contributed by atoms with Crippen molar-refractivity contribution in [2.75, 3.05) is 6.61 Å². The molecule has 0 bridgehead atoms. The van der Waals surface area contributed by atoms with Crippen molar-refractivity contribution in [3.05, 3.63) is 6.42 Å². The van der Waals surface area contributed by atoms with Crippen molar-refractivity contribution in [1.29, 1.82) is 0 Å². The highest BCUT2D eigenvalue weighted by atomic mass is 16.7. The number of piperidine rings is 1. The third-order valence-corrected chi connectivity index (χ3v) is 4.11. The van der Waals surface area contributed by atoms with E-state index in [4.69, 9.17) is 4.84 Å². The van der Waals surface area contributed by atoms with E-state index in [0.29, 0.717) is 0 Å². The highest BCUT2D eigenvalue weighted by Gasteiger charge is 2.42. The SMILES string of the molecule is CCCCCCCCON1C(C)(C)C[CH]CC1(C)C. The van der Waals surface area contributed by atoms with Gasteiger partial charge in [-0.1, -0.05) is 39.0 Å². The zero-order valence-electron chi connectivity index (χ0n) is 13.8. The summed E-state index contributed by atoms with van der Waals surface area (Å²) < 4.78 is 0. The first-order valence-corrected chi connectivity index (χ1v) is 8.15. The molecule has 1 saturated heterocycles. The van der Waals surface area contributed by atoms with Gasteiger partial charge in [-0.25, -0.2) is 0 Å². The molecule has 0 spiro atoms. The molecule has 0 aliphatic carbocycles. The Morgan fingerprint density at radius 3 is 2.00 bits per heavy atom. The number of rotatable bonds is 8. The first-order valence-electron chi connectivity index (χ1n) is 8.15. The molecule has 0 N–H and O–H groups in total. The summed E-state index contributed by atoms with van der Waals surface area (Å²) in [6, 6.07) is 0. The normalized spacial score (nSPS) is 22.6. The van der Waals surface area contributed by atoms with E-state index in [1.165, 1.54) is 38.5 Å². The smallest absolute Gasteiger partial charge is 0.0685 e. The summed E-state index contributed by atoms with van der Waals surface area (Å²) in [7, 11) is 0. The minimum Gasteiger partial charge on any atom is -0.298 e. The molecule has 19 heavy (non-hydrogen) atoms. The van der Waals surface area contributed by atoms with Gasteiger partial charge < -0.3 is 0 Å². The van der Waals surface area contributed by atoms with Gasteiger partial charge in [0.05, 0.1) is 6.61 Å². The van der Waals surface area contributed by atoms with Crippen LogP contribution in [-0.2, 0) is 4.84 Å². The van der Waals surface area contributed by atoms with Crippen LogP contribution in [0, 0.1) is 6.42 Å². The zero-order valence-corrected chi connectivity index (χ0v) is 13.8. The van der Waals surface area contributed by atoms with Crippen LogP contribution in [0.5, 0.6) is 0 Å². The molecular weight excluding hydrogens is 234 g/mol. The van der Waals surface area contributed by atoms with Crippen molar-refractivity contribution in [2.45, 2.75) is 97.1 Å². The average molecular weight is 268 g/mol. The van der Waals surface area contributed by atoms with Gasteiger partial charge in [0.1, 0.15) is 0 Å². The van der Waals surface area contributed by atoms with Gasteiger partial charge in [-0.2, -0.15) is 5.06 Å². The summed E-state index contributed by atoms with van der Waals surface area (Å²) in [4.78, 5) is 6.13. The molecule has 1 aliphatic heterocycles. The second kappa shape index (κ2) is 7.64. The molecule has 0 unspecified atom stereocenters. The molecule has 113 valence electrons. The summed E-state index contributed by atoms with van der Waals surface area (Å²) in [5.74, 6) is 0. The van der Waals surface area contributed by atoms with E-state index < -0.39 is 0 Å². The fraction of sp³-hybridized carbons (Fsp3) is 0.941. The van der Waals surface area contributed by atoms with Crippen molar-refractivity contribution in [2.24, 2.45) is 0 Å². The van der Waals surface area contributed by atoms with Gasteiger partial charge in [-0.15, -0.1) is 0 Å². The molecular formula is C17H34NO. The Morgan fingerprint density at radius 2 is 1.42 bits per heavy atom. The largest absolute Gasteiger partial charge is 0.298 e. The predicted molar refractivity (Wildman–Crippen MR) is 82.9 cm³/mol. The minimum absolute atomic E-state index is 0.129. The lowest BCUT2D eigenvalue weighted by atomic mass is 9.82. The number of unbranched alkanes of at least 4 members (excludes halogenated alkanes) is 5. The molecule has 1 rings (SSSR count). The molecule has 2 heteroatoms. The first-order chi connectivity index (χ1) is 8.90. The maximum Gasteiger partial charge on any atom is 0.0685 e. The van der Waals surface area contributed by atoms with Crippen LogP contribution < -0.4 is 0 Å². The summed E-state index contributed by atoms with van der Waals surface area (Å²) in [6.07, 6.45) is 12.6. The number of hydrogen-bond donors (Lipinski definition) is 0. The van der Waals surface area contributed by atoms with Gasteiger partial charge in [-0.05, 0) is 53.4 Å². The number of nitrogens with zero attached hydrogens (tertiary/aromatic N) is 1. The Hall–Kier alpha value is -0.0800. The third kappa shape index (κ3) is 5.43. The summed E-state index contributed by atoms with van der Waals surface area (Å²) in [5, 5.41) is 2.26. The fourth-order valence-corrected chi connectivity index (χ4v) is 3.15. The topological polar surface area (TPSA) is 12.5 Å². The highest BCUT2D eigenvalue weighted by molar-refractivity contribution is 4.99. The van der Waals surface area contributed by atoms with Crippen LogP contribution in [0.2, 0.25) is 0 Å². The molecule has 0 aromatic heterocycles. The standard InChI is InChI=1S/C17H34NO/c1-6-7-8-9-10-11-15-19-18-16(2,3)13-12-14-17(18,4)5/h12H,6-11,13-15H2,1-5H3. The lowest BCUT2D eigenvalue weighted by Crippen LogP contribution is -2.58.